The van der Waals surface area contributed by atoms with E-state index in [0.717, 1.165) is 23.5 Å². The van der Waals surface area contributed by atoms with Crippen molar-refractivity contribution in [3.05, 3.63) is 57.8 Å². The average molecular weight is 451 g/mol. The molecule has 1 aromatic heterocycles. The number of alkyl halides is 3. The standard InChI is InChI=1S/C21H24F3N5O3/c1-27(2)19-6-3-14(12-25-19)13-26-20(30)15-7-9-28(10-8-15)17-5-4-16(21(22,23)24)11-18(17)29(31)32/h3-6,11-12,15H,7-10,13H2,1-2H3,(H,26,30). The molecule has 0 spiro atoms. The third-order valence-corrected chi connectivity index (χ3v) is 5.44. The summed E-state index contributed by atoms with van der Waals surface area (Å²) < 4.78 is 38.7. The van der Waals surface area contributed by atoms with Crippen molar-refractivity contribution in [1.82, 2.24) is 10.3 Å². The van der Waals surface area contributed by atoms with Crippen LogP contribution >= 0.6 is 0 Å². The summed E-state index contributed by atoms with van der Waals surface area (Å²) >= 11 is 0. The maximum Gasteiger partial charge on any atom is 0.416 e. The predicted octanol–water partition coefficient (Wildman–Crippen LogP) is 3.61. The molecule has 0 unspecified atom stereocenters. The zero-order valence-corrected chi connectivity index (χ0v) is 17.7. The number of nitrogens with zero attached hydrogens (tertiary/aromatic N) is 4. The van der Waals surface area contributed by atoms with Crippen LogP contribution in [0.2, 0.25) is 0 Å². The van der Waals surface area contributed by atoms with Gasteiger partial charge < -0.3 is 15.1 Å². The number of nitrogens with one attached hydrogen (secondary N) is 1. The van der Waals surface area contributed by atoms with Crippen LogP contribution in [0.4, 0.5) is 30.4 Å². The summed E-state index contributed by atoms with van der Waals surface area (Å²) in [5.74, 6) is 0.418. The highest BCUT2D eigenvalue weighted by molar-refractivity contribution is 5.79. The molecule has 1 aliphatic rings. The lowest BCUT2D eigenvalue weighted by Gasteiger charge is -2.32. The van der Waals surface area contributed by atoms with Crippen molar-refractivity contribution in [2.45, 2.75) is 25.6 Å². The Labute approximate surface area is 183 Å². The summed E-state index contributed by atoms with van der Waals surface area (Å²) in [5, 5.41) is 14.2. The number of nitro benzene ring substituents is 1. The number of rotatable bonds is 6. The normalized spacial score (nSPS) is 14.8. The van der Waals surface area contributed by atoms with Crippen molar-refractivity contribution in [2.75, 3.05) is 37.0 Å². The lowest BCUT2D eigenvalue weighted by Crippen LogP contribution is -2.40. The molecule has 172 valence electrons. The topological polar surface area (TPSA) is 91.6 Å². The van der Waals surface area contributed by atoms with Crippen LogP contribution in [0.3, 0.4) is 0 Å². The van der Waals surface area contributed by atoms with Crippen LogP contribution in [0.15, 0.2) is 36.5 Å². The van der Waals surface area contributed by atoms with Gasteiger partial charge in [0, 0.05) is 51.9 Å². The largest absolute Gasteiger partial charge is 0.416 e. The van der Waals surface area contributed by atoms with Crippen LogP contribution in [0.1, 0.15) is 24.0 Å². The zero-order valence-electron chi connectivity index (χ0n) is 17.7. The molecule has 1 aromatic carbocycles. The van der Waals surface area contributed by atoms with E-state index in [-0.39, 0.29) is 17.5 Å². The maximum atomic E-state index is 12.9. The molecule has 1 amide bonds. The molecule has 1 fully saturated rings. The molecule has 3 rings (SSSR count). The summed E-state index contributed by atoms with van der Waals surface area (Å²) in [5.41, 5.74) is -0.651. The minimum Gasteiger partial charge on any atom is -0.366 e. The fraction of sp³-hybridized carbons (Fsp3) is 0.429. The molecule has 1 saturated heterocycles. The number of benzene rings is 1. The van der Waals surface area contributed by atoms with Crippen molar-refractivity contribution in [3.8, 4) is 0 Å². The third kappa shape index (κ3) is 5.45. The van der Waals surface area contributed by atoms with Crippen molar-refractivity contribution < 1.29 is 22.9 Å². The van der Waals surface area contributed by atoms with Crippen LogP contribution in [-0.4, -0.2) is 43.0 Å². The minimum absolute atomic E-state index is 0.122. The number of pyridine rings is 1. The molecular formula is C21H24F3N5O3. The van der Waals surface area contributed by atoms with Gasteiger partial charge in [0.05, 0.1) is 10.5 Å². The van der Waals surface area contributed by atoms with E-state index in [2.05, 4.69) is 10.3 Å². The fourth-order valence-electron chi connectivity index (χ4n) is 3.62. The van der Waals surface area contributed by atoms with Gasteiger partial charge in [-0.3, -0.25) is 14.9 Å². The van der Waals surface area contributed by atoms with Crippen molar-refractivity contribution >= 4 is 23.1 Å². The Bertz CT molecular complexity index is 972. The smallest absolute Gasteiger partial charge is 0.366 e. The molecule has 11 heteroatoms. The summed E-state index contributed by atoms with van der Waals surface area (Å²) in [7, 11) is 3.77. The molecule has 0 aliphatic carbocycles. The third-order valence-electron chi connectivity index (χ3n) is 5.44. The summed E-state index contributed by atoms with van der Waals surface area (Å²) in [6, 6.07) is 6.28. The highest BCUT2D eigenvalue weighted by atomic mass is 19.4. The van der Waals surface area contributed by atoms with Gasteiger partial charge in [0.1, 0.15) is 11.5 Å². The Balaban J connectivity index is 1.58. The van der Waals surface area contributed by atoms with Crippen LogP contribution in [0.25, 0.3) is 0 Å². The van der Waals surface area contributed by atoms with Gasteiger partial charge in [-0.05, 0) is 36.6 Å². The number of hydrogen-bond acceptors (Lipinski definition) is 6. The van der Waals surface area contributed by atoms with E-state index < -0.39 is 22.4 Å². The molecule has 8 nitrogen and oxygen atoms in total. The first kappa shape index (κ1) is 23.3. The van der Waals surface area contributed by atoms with Crippen LogP contribution in [0, 0.1) is 16.0 Å². The van der Waals surface area contributed by atoms with E-state index in [0.29, 0.717) is 38.5 Å². The number of carbonyl (C=O) groups excluding carboxylic acids is 1. The van der Waals surface area contributed by atoms with Crippen LogP contribution in [-0.2, 0) is 17.5 Å². The fourth-order valence-corrected chi connectivity index (χ4v) is 3.62. The van der Waals surface area contributed by atoms with Gasteiger partial charge in [-0.1, -0.05) is 6.07 Å². The van der Waals surface area contributed by atoms with Crippen molar-refractivity contribution in [1.29, 1.82) is 0 Å². The quantitative estimate of drug-likeness (QED) is 0.533. The van der Waals surface area contributed by atoms with Gasteiger partial charge in [-0.15, -0.1) is 0 Å². The Morgan fingerprint density at radius 3 is 2.47 bits per heavy atom. The molecular weight excluding hydrogens is 427 g/mol. The van der Waals surface area contributed by atoms with Gasteiger partial charge in [-0.25, -0.2) is 4.98 Å². The Morgan fingerprint density at radius 2 is 1.94 bits per heavy atom. The molecule has 32 heavy (non-hydrogen) atoms. The second kappa shape index (κ2) is 9.41. The van der Waals surface area contributed by atoms with E-state index in [1.165, 1.54) is 0 Å². The first-order chi connectivity index (χ1) is 15.1. The van der Waals surface area contributed by atoms with Crippen LogP contribution in [0.5, 0.6) is 0 Å². The van der Waals surface area contributed by atoms with Gasteiger partial charge in [-0.2, -0.15) is 13.2 Å². The lowest BCUT2D eigenvalue weighted by atomic mass is 9.95. The van der Waals surface area contributed by atoms with Gasteiger partial charge in [0.15, 0.2) is 0 Å². The molecule has 2 heterocycles. The highest BCUT2D eigenvalue weighted by Gasteiger charge is 2.34. The monoisotopic (exact) mass is 451 g/mol. The Hall–Kier alpha value is -3.37. The summed E-state index contributed by atoms with van der Waals surface area (Å²) in [4.78, 5) is 30.9. The maximum absolute atomic E-state index is 12.9. The number of aromatic nitrogens is 1. The van der Waals surface area contributed by atoms with Gasteiger partial charge >= 0.3 is 6.18 Å². The number of halogens is 3. The highest BCUT2D eigenvalue weighted by Crippen LogP contribution is 2.37. The van der Waals surface area contributed by atoms with E-state index in [9.17, 15) is 28.1 Å². The number of carbonyl (C=O) groups is 1. The molecule has 0 radical (unpaired) electrons. The molecule has 2 aromatic rings. The Kier molecular flexibility index (Phi) is 6.85. The molecule has 1 aliphatic heterocycles. The summed E-state index contributed by atoms with van der Waals surface area (Å²) in [6.45, 7) is 1.01. The second-order valence-corrected chi connectivity index (χ2v) is 7.86. The van der Waals surface area contributed by atoms with E-state index in [1.807, 2.05) is 31.1 Å². The van der Waals surface area contributed by atoms with E-state index >= 15 is 0 Å². The number of anilines is 2. The predicted molar refractivity (Wildman–Crippen MR) is 113 cm³/mol. The van der Waals surface area contributed by atoms with Crippen molar-refractivity contribution in [2.24, 2.45) is 5.92 Å². The SMILES string of the molecule is CN(C)c1ccc(CNC(=O)C2CCN(c3ccc(C(F)(F)F)cc3[N+](=O)[O-])CC2)cn1. The zero-order chi connectivity index (χ0) is 23.5. The molecule has 0 atom stereocenters. The second-order valence-electron chi connectivity index (χ2n) is 7.86. The van der Waals surface area contributed by atoms with Gasteiger partial charge in [0.2, 0.25) is 5.91 Å². The number of piperidine rings is 1. The number of amides is 1. The van der Waals surface area contributed by atoms with Crippen LogP contribution < -0.4 is 15.1 Å². The first-order valence-corrected chi connectivity index (χ1v) is 10.1. The molecule has 1 N–H and O–H groups in total. The van der Waals surface area contributed by atoms with E-state index in [4.69, 9.17) is 0 Å². The number of hydrogen-bond donors (Lipinski definition) is 1. The average Bonchev–Trinajstić information content (AvgIpc) is 2.76. The minimum atomic E-state index is -4.66. The Morgan fingerprint density at radius 1 is 1.25 bits per heavy atom. The molecule has 0 bridgehead atoms. The van der Waals surface area contributed by atoms with Gasteiger partial charge in [0.25, 0.3) is 5.69 Å². The lowest BCUT2D eigenvalue weighted by molar-refractivity contribution is -0.384. The first-order valence-electron chi connectivity index (χ1n) is 10.1. The van der Waals surface area contributed by atoms with Crippen molar-refractivity contribution in [3.63, 3.8) is 0 Å². The van der Waals surface area contributed by atoms with E-state index in [1.54, 1.807) is 11.1 Å². The number of nitro groups is 1. The molecule has 0 saturated carbocycles. The summed E-state index contributed by atoms with van der Waals surface area (Å²) in [6.07, 6.45) is -2.07.